The maximum absolute atomic E-state index is 11.6. The third-order valence-corrected chi connectivity index (χ3v) is 2.75. The number of hydrogen-bond acceptors (Lipinski definition) is 3. The van der Waals surface area contributed by atoms with E-state index in [0.717, 1.165) is 37.8 Å². The summed E-state index contributed by atoms with van der Waals surface area (Å²) in [5.41, 5.74) is 6.40. The van der Waals surface area contributed by atoms with E-state index in [1.807, 2.05) is 6.92 Å². The highest BCUT2D eigenvalue weighted by atomic mass is 16.1. The molecule has 4 N–H and O–H groups in total. The highest BCUT2D eigenvalue weighted by molar-refractivity contribution is 5.76. The molecule has 5 heteroatoms. The summed E-state index contributed by atoms with van der Waals surface area (Å²) in [6.07, 6.45) is 8.29. The molecule has 0 aliphatic rings. The van der Waals surface area contributed by atoms with E-state index >= 15 is 0 Å². The Morgan fingerprint density at radius 1 is 1.47 bits per heavy atom. The molecule has 0 saturated heterocycles. The molecule has 1 heterocycles. The van der Waals surface area contributed by atoms with Crippen molar-refractivity contribution in [3.8, 4) is 0 Å². The van der Waals surface area contributed by atoms with Gasteiger partial charge in [0.15, 0.2) is 0 Å². The summed E-state index contributed by atoms with van der Waals surface area (Å²) in [5.74, 6) is 0.103. The van der Waals surface area contributed by atoms with Crippen LogP contribution < -0.4 is 11.1 Å². The van der Waals surface area contributed by atoms with Gasteiger partial charge in [-0.25, -0.2) is 0 Å². The Balaban J connectivity index is 2.12. The van der Waals surface area contributed by atoms with Gasteiger partial charge in [0.05, 0.1) is 12.2 Å². The van der Waals surface area contributed by atoms with Crippen molar-refractivity contribution in [1.29, 1.82) is 0 Å². The first kappa shape index (κ1) is 13.7. The van der Waals surface area contributed by atoms with E-state index in [-0.39, 0.29) is 11.9 Å². The highest BCUT2D eigenvalue weighted by Gasteiger charge is 2.09. The lowest BCUT2D eigenvalue weighted by Gasteiger charge is -2.11. The molecule has 1 amide bonds. The molecule has 96 valence electrons. The lowest BCUT2D eigenvalue weighted by Crippen LogP contribution is -2.26. The van der Waals surface area contributed by atoms with Crippen molar-refractivity contribution < 1.29 is 4.79 Å². The number of amides is 1. The summed E-state index contributed by atoms with van der Waals surface area (Å²) in [7, 11) is 0. The Morgan fingerprint density at radius 3 is 2.88 bits per heavy atom. The lowest BCUT2D eigenvalue weighted by atomic mass is 10.1. The molecule has 5 nitrogen and oxygen atoms in total. The fourth-order valence-corrected chi connectivity index (χ4v) is 1.68. The van der Waals surface area contributed by atoms with Crippen molar-refractivity contribution in [1.82, 2.24) is 15.5 Å². The topological polar surface area (TPSA) is 83.8 Å². The van der Waals surface area contributed by atoms with Crippen LogP contribution in [0.2, 0.25) is 0 Å². The Morgan fingerprint density at radius 2 is 2.24 bits per heavy atom. The number of carbonyl (C=O) groups is 1. The molecule has 17 heavy (non-hydrogen) atoms. The van der Waals surface area contributed by atoms with Gasteiger partial charge in [-0.15, -0.1) is 0 Å². The fraction of sp³-hybridized carbons (Fsp3) is 0.667. The van der Waals surface area contributed by atoms with Crippen LogP contribution >= 0.6 is 0 Å². The van der Waals surface area contributed by atoms with Gasteiger partial charge in [0.1, 0.15) is 0 Å². The average Bonchev–Trinajstić information content (AvgIpc) is 2.82. The van der Waals surface area contributed by atoms with Gasteiger partial charge < -0.3 is 11.1 Å². The van der Waals surface area contributed by atoms with E-state index in [2.05, 4.69) is 15.5 Å². The highest BCUT2D eigenvalue weighted by Crippen LogP contribution is 2.10. The zero-order chi connectivity index (χ0) is 12.5. The normalized spacial score (nSPS) is 12.4. The Labute approximate surface area is 102 Å². The van der Waals surface area contributed by atoms with Gasteiger partial charge in [0.25, 0.3) is 0 Å². The maximum Gasteiger partial charge on any atom is 0.220 e. The summed E-state index contributed by atoms with van der Waals surface area (Å²) >= 11 is 0. The zero-order valence-corrected chi connectivity index (χ0v) is 10.4. The van der Waals surface area contributed by atoms with Crippen LogP contribution in [-0.2, 0) is 4.79 Å². The molecule has 1 aromatic rings. The molecular weight excluding hydrogens is 216 g/mol. The van der Waals surface area contributed by atoms with E-state index in [4.69, 9.17) is 5.73 Å². The molecule has 1 unspecified atom stereocenters. The van der Waals surface area contributed by atoms with Crippen LogP contribution in [0.25, 0.3) is 0 Å². The van der Waals surface area contributed by atoms with E-state index < -0.39 is 0 Å². The predicted molar refractivity (Wildman–Crippen MR) is 67.3 cm³/mol. The van der Waals surface area contributed by atoms with Gasteiger partial charge >= 0.3 is 0 Å². The monoisotopic (exact) mass is 238 g/mol. The molecule has 1 atom stereocenters. The summed E-state index contributed by atoms with van der Waals surface area (Å²) in [4.78, 5) is 11.6. The van der Waals surface area contributed by atoms with Crippen LogP contribution in [0.4, 0.5) is 0 Å². The van der Waals surface area contributed by atoms with Crippen molar-refractivity contribution in [2.75, 3.05) is 6.54 Å². The number of nitrogens with zero attached hydrogens (tertiary/aromatic N) is 1. The minimum atomic E-state index is 0.0188. The van der Waals surface area contributed by atoms with E-state index in [1.54, 1.807) is 12.4 Å². The van der Waals surface area contributed by atoms with Gasteiger partial charge in [-0.3, -0.25) is 9.89 Å². The first-order valence-electron chi connectivity index (χ1n) is 6.22. The van der Waals surface area contributed by atoms with Crippen molar-refractivity contribution >= 4 is 5.91 Å². The Kier molecular flexibility index (Phi) is 6.32. The second kappa shape index (κ2) is 7.84. The largest absolute Gasteiger partial charge is 0.349 e. The standard InChI is InChI=1S/C12H22N4O/c1-10(11-8-14-15-9-11)16-12(17)6-4-2-3-5-7-13/h8-10H,2-7,13H2,1H3,(H,14,15)(H,16,17). The number of H-pyrrole nitrogens is 1. The molecule has 0 fully saturated rings. The quantitative estimate of drug-likeness (QED) is 0.600. The number of nitrogens with two attached hydrogens (primary N) is 1. The van der Waals surface area contributed by atoms with Crippen LogP contribution in [-0.4, -0.2) is 22.6 Å². The number of nitrogens with one attached hydrogen (secondary N) is 2. The smallest absolute Gasteiger partial charge is 0.220 e. The molecule has 0 saturated carbocycles. The third kappa shape index (κ3) is 5.49. The van der Waals surface area contributed by atoms with Crippen molar-refractivity contribution in [3.63, 3.8) is 0 Å². The molecule has 0 spiro atoms. The molecule has 0 bridgehead atoms. The van der Waals surface area contributed by atoms with Crippen molar-refractivity contribution in [2.24, 2.45) is 5.73 Å². The van der Waals surface area contributed by atoms with E-state index in [9.17, 15) is 4.79 Å². The molecule has 0 radical (unpaired) electrons. The number of unbranched alkanes of at least 4 members (excludes halogenated alkanes) is 3. The van der Waals surface area contributed by atoms with Gasteiger partial charge in [0.2, 0.25) is 5.91 Å². The summed E-state index contributed by atoms with van der Waals surface area (Å²) in [6.45, 7) is 2.70. The number of carbonyl (C=O) groups excluding carboxylic acids is 1. The minimum absolute atomic E-state index is 0.0188. The van der Waals surface area contributed by atoms with Crippen LogP contribution in [0.15, 0.2) is 12.4 Å². The number of aromatic amines is 1. The molecule has 1 rings (SSSR count). The van der Waals surface area contributed by atoms with Gasteiger partial charge in [0, 0.05) is 18.2 Å². The van der Waals surface area contributed by atoms with Gasteiger partial charge in [-0.05, 0) is 26.3 Å². The second-order valence-corrected chi connectivity index (χ2v) is 4.27. The van der Waals surface area contributed by atoms with Gasteiger partial charge in [-0.2, -0.15) is 5.10 Å². The summed E-state index contributed by atoms with van der Waals surface area (Å²) in [6, 6.07) is 0.0188. The Bertz CT molecular complexity index is 310. The lowest BCUT2D eigenvalue weighted by molar-refractivity contribution is -0.121. The number of aromatic nitrogens is 2. The van der Waals surface area contributed by atoms with E-state index in [0.29, 0.717) is 6.42 Å². The number of rotatable bonds is 8. The Hall–Kier alpha value is -1.36. The molecule has 0 aliphatic heterocycles. The third-order valence-electron chi connectivity index (χ3n) is 2.75. The second-order valence-electron chi connectivity index (χ2n) is 4.27. The van der Waals surface area contributed by atoms with Crippen molar-refractivity contribution in [2.45, 2.75) is 45.1 Å². The first-order valence-corrected chi connectivity index (χ1v) is 6.22. The van der Waals surface area contributed by atoms with Gasteiger partial charge in [-0.1, -0.05) is 12.8 Å². The van der Waals surface area contributed by atoms with Crippen LogP contribution in [0.5, 0.6) is 0 Å². The summed E-state index contributed by atoms with van der Waals surface area (Å²) < 4.78 is 0. The maximum atomic E-state index is 11.6. The van der Waals surface area contributed by atoms with Crippen LogP contribution in [0, 0.1) is 0 Å². The van der Waals surface area contributed by atoms with E-state index in [1.165, 1.54) is 0 Å². The SMILES string of the molecule is CC(NC(=O)CCCCCCN)c1cn[nH]c1. The molecule has 0 aliphatic carbocycles. The van der Waals surface area contributed by atoms with Crippen LogP contribution in [0.1, 0.15) is 50.6 Å². The minimum Gasteiger partial charge on any atom is -0.349 e. The summed E-state index contributed by atoms with van der Waals surface area (Å²) in [5, 5.41) is 9.54. The average molecular weight is 238 g/mol. The molecule has 0 aromatic carbocycles. The van der Waals surface area contributed by atoms with Crippen molar-refractivity contribution in [3.05, 3.63) is 18.0 Å². The van der Waals surface area contributed by atoms with Crippen LogP contribution in [0.3, 0.4) is 0 Å². The fourth-order valence-electron chi connectivity index (χ4n) is 1.68. The number of hydrogen-bond donors (Lipinski definition) is 3. The first-order chi connectivity index (χ1) is 8.24. The molecular formula is C12H22N4O. The zero-order valence-electron chi connectivity index (χ0n) is 10.4. The molecule has 1 aromatic heterocycles. The predicted octanol–water partition coefficient (Wildman–Crippen LogP) is 1.50.